The van der Waals surface area contributed by atoms with Gasteiger partial charge in [-0.15, -0.1) is 10.2 Å². The molecule has 0 unspecified atom stereocenters. The fraction of sp³-hybridized carbons (Fsp3) is 0.333. The lowest BCUT2D eigenvalue weighted by Gasteiger charge is -2.24. The number of hydrogen-bond acceptors (Lipinski definition) is 7. The lowest BCUT2D eigenvalue weighted by atomic mass is 9.97. The second-order valence-corrected chi connectivity index (χ2v) is 8.43. The Balaban J connectivity index is 2.04. The van der Waals surface area contributed by atoms with Gasteiger partial charge in [0.2, 0.25) is 5.82 Å². The Morgan fingerprint density at radius 2 is 1.92 bits per heavy atom. The molecule has 14 heteroatoms. The Hall–Kier alpha value is -3.76. The number of rotatable bonds is 6. The summed E-state index contributed by atoms with van der Waals surface area (Å²) in [6.07, 6.45) is -9.36. The molecular weight excluding hydrogens is 539 g/mol. The van der Waals surface area contributed by atoms with Crippen LogP contribution in [0, 0.1) is 11.3 Å². The standard InChI is InChI=1S/C24H18ClF5N4O4/c1-3-37-18(35)10-17-21-32-33-22(23(26,27)24(28,29)30)34(21)15-8-7-12(11-31)9-14(15)20(38-17)13-5-4-6-16(36-2)19(13)25/h4-9,17,20H,3,10H2,1-2H3/t17-,20-/m1/s1. The first kappa shape index (κ1) is 27.3. The van der Waals surface area contributed by atoms with Gasteiger partial charge in [0.25, 0.3) is 0 Å². The van der Waals surface area contributed by atoms with Crippen LogP contribution >= 0.6 is 11.6 Å². The fourth-order valence-electron chi connectivity index (χ4n) is 4.05. The SMILES string of the molecule is CCOC(=O)C[C@H]1O[C@H](c2cccc(OC)c2Cl)c2cc(C#N)ccc2-n2c1nnc2C(F)(F)C(F)(F)F. The van der Waals surface area contributed by atoms with Crippen LogP contribution in [-0.2, 0) is 20.2 Å². The molecule has 3 aromatic rings. The molecule has 0 radical (unpaired) electrons. The number of nitriles is 1. The molecule has 0 aliphatic carbocycles. The topological polar surface area (TPSA) is 99.3 Å². The van der Waals surface area contributed by atoms with E-state index in [0.717, 1.165) is 0 Å². The summed E-state index contributed by atoms with van der Waals surface area (Å²) in [4.78, 5) is 12.4. The molecular formula is C24H18ClF5N4O4. The van der Waals surface area contributed by atoms with Gasteiger partial charge in [0.15, 0.2) is 5.82 Å². The molecule has 4 rings (SSSR count). The maximum absolute atomic E-state index is 14.7. The number of carbonyl (C=O) groups is 1. The predicted molar refractivity (Wildman–Crippen MR) is 121 cm³/mol. The van der Waals surface area contributed by atoms with E-state index in [4.69, 9.17) is 25.8 Å². The molecule has 0 bridgehead atoms. The van der Waals surface area contributed by atoms with Crippen LogP contribution in [0.15, 0.2) is 36.4 Å². The largest absolute Gasteiger partial charge is 0.495 e. The molecule has 8 nitrogen and oxygen atoms in total. The Labute approximate surface area is 217 Å². The number of aromatic nitrogens is 3. The average molecular weight is 557 g/mol. The van der Waals surface area contributed by atoms with Crippen molar-refractivity contribution in [2.24, 2.45) is 0 Å². The van der Waals surface area contributed by atoms with Gasteiger partial charge >= 0.3 is 18.1 Å². The summed E-state index contributed by atoms with van der Waals surface area (Å²) < 4.78 is 86.5. The van der Waals surface area contributed by atoms with Crippen LogP contribution in [0.4, 0.5) is 22.0 Å². The maximum Gasteiger partial charge on any atom is 0.461 e. The minimum atomic E-state index is -6.01. The van der Waals surface area contributed by atoms with E-state index < -0.39 is 48.3 Å². The molecule has 200 valence electrons. The summed E-state index contributed by atoms with van der Waals surface area (Å²) in [5.74, 6) is -8.26. The van der Waals surface area contributed by atoms with Gasteiger partial charge in [-0.1, -0.05) is 23.7 Å². The Morgan fingerprint density at radius 3 is 2.55 bits per heavy atom. The van der Waals surface area contributed by atoms with Crippen LogP contribution in [0.5, 0.6) is 5.75 Å². The molecule has 0 N–H and O–H groups in total. The smallest absolute Gasteiger partial charge is 0.461 e. The van der Waals surface area contributed by atoms with Crippen LogP contribution in [-0.4, -0.2) is 40.6 Å². The average Bonchev–Trinajstić information content (AvgIpc) is 3.27. The number of esters is 1. The number of fused-ring (bicyclic) bond motifs is 3. The number of nitrogens with zero attached hydrogens (tertiary/aromatic N) is 4. The van der Waals surface area contributed by atoms with E-state index in [1.54, 1.807) is 12.1 Å². The zero-order valence-electron chi connectivity index (χ0n) is 19.7. The number of alkyl halides is 5. The van der Waals surface area contributed by atoms with Gasteiger partial charge in [0, 0.05) is 11.1 Å². The van der Waals surface area contributed by atoms with Crippen molar-refractivity contribution >= 4 is 17.6 Å². The van der Waals surface area contributed by atoms with E-state index in [-0.39, 0.29) is 39.8 Å². The highest BCUT2D eigenvalue weighted by molar-refractivity contribution is 6.32. The van der Waals surface area contributed by atoms with Gasteiger partial charge in [0.1, 0.15) is 18.0 Å². The van der Waals surface area contributed by atoms with E-state index in [1.165, 1.54) is 38.3 Å². The number of halogens is 6. The first-order valence-corrected chi connectivity index (χ1v) is 11.4. The minimum Gasteiger partial charge on any atom is -0.495 e. The monoisotopic (exact) mass is 556 g/mol. The summed E-state index contributed by atoms with van der Waals surface area (Å²) >= 11 is 6.52. The predicted octanol–water partition coefficient (Wildman–Crippen LogP) is 5.57. The highest BCUT2D eigenvalue weighted by atomic mass is 35.5. The third-order valence-electron chi connectivity index (χ3n) is 5.75. The van der Waals surface area contributed by atoms with Crippen LogP contribution in [0.1, 0.15) is 53.9 Å². The van der Waals surface area contributed by atoms with Crippen molar-refractivity contribution < 1.29 is 41.0 Å². The fourth-order valence-corrected chi connectivity index (χ4v) is 4.35. The number of benzene rings is 2. The van der Waals surface area contributed by atoms with Crippen molar-refractivity contribution in [1.82, 2.24) is 14.8 Å². The molecule has 0 amide bonds. The summed E-state index contributed by atoms with van der Waals surface area (Å²) in [7, 11) is 1.36. The number of methoxy groups -OCH3 is 1. The van der Waals surface area contributed by atoms with E-state index in [1.807, 2.05) is 6.07 Å². The molecule has 2 aromatic carbocycles. The number of hydrogen-bond donors (Lipinski definition) is 0. The van der Waals surface area contributed by atoms with Crippen molar-refractivity contribution in [3.63, 3.8) is 0 Å². The van der Waals surface area contributed by atoms with Gasteiger partial charge in [-0.25, -0.2) is 0 Å². The van der Waals surface area contributed by atoms with Crippen LogP contribution in [0.3, 0.4) is 0 Å². The highest BCUT2D eigenvalue weighted by Gasteiger charge is 2.63. The Bertz CT molecular complexity index is 1420. The first-order valence-electron chi connectivity index (χ1n) is 11.0. The third-order valence-corrected chi connectivity index (χ3v) is 6.15. The van der Waals surface area contributed by atoms with Crippen LogP contribution < -0.4 is 4.74 Å². The molecule has 1 aliphatic heterocycles. The molecule has 0 spiro atoms. The van der Waals surface area contributed by atoms with E-state index in [2.05, 4.69) is 10.2 Å². The quantitative estimate of drug-likeness (QED) is 0.289. The first-order chi connectivity index (χ1) is 17.9. The van der Waals surface area contributed by atoms with E-state index >= 15 is 0 Å². The van der Waals surface area contributed by atoms with Gasteiger partial charge in [-0.3, -0.25) is 9.36 Å². The molecule has 1 aliphatic rings. The summed E-state index contributed by atoms with van der Waals surface area (Å²) in [5, 5.41) is 16.3. The van der Waals surface area contributed by atoms with Crippen molar-refractivity contribution in [3.8, 4) is 17.5 Å². The molecule has 0 saturated carbocycles. The zero-order chi connectivity index (χ0) is 27.8. The van der Waals surface area contributed by atoms with Gasteiger partial charge in [-0.2, -0.15) is 27.2 Å². The third kappa shape index (κ3) is 4.65. The lowest BCUT2D eigenvalue weighted by Crippen LogP contribution is -2.36. The van der Waals surface area contributed by atoms with Gasteiger partial charge in [0.05, 0.1) is 42.5 Å². The normalized spacial score (nSPS) is 17.1. The summed E-state index contributed by atoms with van der Waals surface area (Å²) in [6.45, 7) is 1.51. The van der Waals surface area contributed by atoms with Crippen molar-refractivity contribution in [3.05, 3.63) is 69.8 Å². The number of carbonyl (C=O) groups excluding carboxylic acids is 1. The maximum atomic E-state index is 14.7. The Morgan fingerprint density at radius 1 is 1.18 bits per heavy atom. The van der Waals surface area contributed by atoms with E-state index in [9.17, 15) is 32.0 Å². The molecule has 2 atom stereocenters. The van der Waals surface area contributed by atoms with Crippen LogP contribution in [0.25, 0.3) is 5.69 Å². The number of ether oxygens (including phenoxy) is 3. The van der Waals surface area contributed by atoms with Crippen molar-refractivity contribution in [2.75, 3.05) is 13.7 Å². The molecule has 38 heavy (non-hydrogen) atoms. The van der Waals surface area contributed by atoms with E-state index in [0.29, 0.717) is 4.57 Å². The minimum absolute atomic E-state index is 0.00540. The second-order valence-electron chi connectivity index (χ2n) is 8.05. The second kappa shape index (κ2) is 10.2. The van der Waals surface area contributed by atoms with Gasteiger partial charge < -0.3 is 14.2 Å². The summed E-state index contributed by atoms with van der Waals surface area (Å²) in [6, 6.07) is 10.2. The summed E-state index contributed by atoms with van der Waals surface area (Å²) in [5.41, 5.74) is 0.0713. The highest BCUT2D eigenvalue weighted by Crippen LogP contribution is 2.48. The van der Waals surface area contributed by atoms with Gasteiger partial charge in [-0.05, 0) is 31.2 Å². The van der Waals surface area contributed by atoms with Crippen molar-refractivity contribution in [2.45, 2.75) is 37.7 Å². The molecule has 2 heterocycles. The molecule has 1 aromatic heterocycles. The zero-order valence-corrected chi connectivity index (χ0v) is 20.5. The van der Waals surface area contributed by atoms with Crippen molar-refractivity contribution in [1.29, 1.82) is 5.26 Å². The molecule has 0 saturated heterocycles. The Kier molecular flexibility index (Phi) is 7.31. The molecule has 0 fully saturated rings. The van der Waals surface area contributed by atoms with Crippen LogP contribution in [0.2, 0.25) is 5.02 Å². The lowest BCUT2D eigenvalue weighted by molar-refractivity contribution is -0.293.